The molecule has 3 rings (SSSR count). The van der Waals surface area contributed by atoms with E-state index in [4.69, 9.17) is 5.73 Å². The van der Waals surface area contributed by atoms with Crippen LogP contribution in [0.5, 0.6) is 0 Å². The van der Waals surface area contributed by atoms with Gasteiger partial charge in [-0.3, -0.25) is 19.5 Å². The smallest absolute Gasteiger partial charge is 0.318 e. The van der Waals surface area contributed by atoms with Crippen molar-refractivity contribution in [2.24, 2.45) is 11.7 Å². The molecule has 30 heavy (non-hydrogen) atoms. The van der Waals surface area contributed by atoms with Crippen LogP contribution in [0.25, 0.3) is 5.69 Å². The molecular formula is C20H26N6O3S. The second kappa shape index (κ2) is 10.2. The Balaban J connectivity index is 1.49. The number of carbonyl (C=O) groups is 3. The molecule has 1 aliphatic rings. The Hall–Kier alpha value is -2.88. The normalized spacial score (nSPS) is 18.6. The lowest BCUT2D eigenvalue weighted by molar-refractivity contribution is -0.124. The zero-order chi connectivity index (χ0) is 21.5. The molecule has 10 heteroatoms. The summed E-state index contributed by atoms with van der Waals surface area (Å²) in [5.41, 5.74) is 7.18. The first kappa shape index (κ1) is 21.8. The maximum atomic E-state index is 12.4. The van der Waals surface area contributed by atoms with Crippen LogP contribution in [0.1, 0.15) is 38.2 Å². The monoisotopic (exact) mass is 430 g/mol. The zero-order valence-electron chi connectivity index (χ0n) is 16.8. The van der Waals surface area contributed by atoms with E-state index in [9.17, 15) is 14.4 Å². The first-order valence-electron chi connectivity index (χ1n) is 9.98. The van der Waals surface area contributed by atoms with Gasteiger partial charge in [0, 0.05) is 12.0 Å². The van der Waals surface area contributed by atoms with E-state index in [0.29, 0.717) is 30.8 Å². The number of carbonyl (C=O) groups excluding carboxylic acids is 3. The summed E-state index contributed by atoms with van der Waals surface area (Å²) >= 11 is 1.34. The molecule has 0 unspecified atom stereocenters. The minimum atomic E-state index is -0.832. The molecule has 0 saturated heterocycles. The van der Waals surface area contributed by atoms with E-state index in [2.05, 4.69) is 33.8 Å². The quantitative estimate of drug-likeness (QED) is 0.574. The second-order valence-electron chi connectivity index (χ2n) is 7.22. The van der Waals surface area contributed by atoms with Crippen LogP contribution in [0.3, 0.4) is 0 Å². The van der Waals surface area contributed by atoms with Gasteiger partial charge in [-0.2, -0.15) is 0 Å². The lowest BCUT2D eigenvalue weighted by Gasteiger charge is -2.28. The number of hydrogen-bond donors (Lipinski definition) is 3. The number of thioether (sulfide) groups is 1. The predicted molar refractivity (Wildman–Crippen MR) is 113 cm³/mol. The molecule has 2 aromatic rings. The summed E-state index contributed by atoms with van der Waals surface area (Å²) in [6.45, 7) is 2.09. The van der Waals surface area contributed by atoms with Crippen LogP contribution in [0.2, 0.25) is 0 Å². The maximum Gasteiger partial charge on any atom is 0.318 e. The molecule has 1 saturated carbocycles. The Bertz CT molecular complexity index is 907. The summed E-state index contributed by atoms with van der Waals surface area (Å²) < 4.78 is 1.90. The number of primary amides is 1. The van der Waals surface area contributed by atoms with E-state index in [1.165, 1.54) is 17.3 Å². The molecule has 1 aromatic heterocycles. The maximum absolute atomic E-state index is 12.4. The molecule has 160 valence electrons. The van der Waals surface area contributed by atoms with Gasteiger partial charge in [0.2, 0.25) is 11.8 Å². The van der Waals surface area contributed by atoms with Crippen molar-refractivity contribution in [3.05, 3.63) is 36.2 Å². The summed E-state index contributed by atoms with van der Waals surface area (Å²) in [5, 5.41) is 14.0. The third kappa shape index (κ3) is 5.59. The third-order valence-corrected chi connectivity index (χ3v) is 6.13. The van der Waals surface area contributed by atoms with Gasteiger partial charge in [-0.25, -0.2) is 4.79 Å². The van der Waals surface area contributed by atoms with Crippen molar-refractivity contribution in [3.63, 3.8) is 0 Å². The van der Waals surface area contributed by atoms with Gasteiger partial charge in [-0.05, 0) is 43.7 Å². The minimum Gasteiger partial charge on any atom is -0.353 e. The van der Waals surface area contributed by atoms with Gasteiger partial charge in [0.25, 0.3) is 0 Å². The number of imide groups is 1. The SMILES string of the molecule is CCc1ccccc1-n1cnnc1SCC(=O)NC1CCC(C(=O)NC(N)=O)CC1. The molecular weight excluding hydrogens is 404 g/mol. The number of aryl methyl sites for hydroxylation is 1. The van der Waals surface area contributed by atoms with Gasteiger partial charge in [-0.15, -0.1) is 10.2 Å². The van der Waals surface area contributed by atoms with E-state index in [1.54, 1.807) is 6.33 Å². The molecule has 0 bridgehead atoms. The molecule has 4 N–H and O–H groups in total. The number of para-hydroxylation sites is 1. The van der Waals surface area contributed by atoms with Crippen LogP contribution in [-0.2, 0) is 16.0 Å². The Morgan fingerprint density at radius 3 is 2.63 bits per heavy atom. The highest BCUT2D eigenvalue weighted by atomic mass is 32.2. The number of benzene rings is 1. The molecule has 4 amide bonds. The molecule has 0 spiro atoms. The second-order valence-corrected chi connectivity index (χ2v) is 8.17. The summed E-state index contributed by atoms with van der Waals surface area (Å²) in [4.78, 5) is 35.1. The van der Waals surface area contributed by atoms with Crippen molar-refractivity contribution in [1.29, 1.82) is 0 Å². The molecule has 0 aliphatic heterocycles. The van der Waals surface area contributed by atoms with Crippen LogP contribution in [0.15, 0.2) is 35.7 Å². The van der Waals surface area contributed by atoms with E-state index in [-0.39, 0.29) is 29.5 Å². The largest absolute Gasteiger partial charge is 0.353 e. The number of nitrogens with one attached hydrogen (secondary N) is 2. The number of nitrogens with zero attached hydrogens (tertiary/aromatic N) is 3. The first-order valence-corrected chi connectivity index (χ1v) is 11.0. The Morgan fingerprint density at radius 2 is 1.93 bits per heavy atom. The van der Waals surface area contributed by atoms with E-state index >= 15 is 0 Å². The third-order valence-electron chi connectivity index (χ3n) is 5.19. The highest BCUT2D eigenvalue weighted by Crippen LogP contribution is 2.25. The molecule has 0 atom stereocenters. The van der Waals surface area contributed by atoms with E-state index in [0.717, 1.165) is 12.1 Å². The van der Waals surface area contributed by atoms with Gasteiger partial charge >= 0.3 is 6.03 Å². The fourth-order valence-corrected chi connectivity index (χ4v) is 4.39. The van der Waals surface area contributed by atoms with Crippen molar-refractivity contribution >= 4 is 29.6 Å². The summed E-state index contributed by atoms with van der Waals surface area (Å²) in [7, 11) is 0. The fraction of sp³-hybridized carbons (Fsp3) is 0.450. The molecule has 1 aromatic carbocycles. The van der Waals surface area contributed by atoms with Crippen molar-refractivity contribution in [2.75, 3.05) is 5.75 Å². The topological polar surface area (TPSA) is 132 Å². The standard InChI is InChI=1S/C20H26N6O3S/c1-2-13-5-3-4-6-16(13)26-12-22-25-20(26)30-11-17(27)23-15-9-7-14(8-10-15)18(28)24-19(21)29/h3-6,12,14-15H,2,7-11H2,1H3,(H,23,27)(H3,21,24,28,29). The lowest BCUT2D eigenvalue weighted by Crippen LogP contribution is -2.43. The van der Waals surface area contributed by atoms with Gasteiger partial charge in [0.15, 0.2) is 5.16 Å². The average molecular weight is 431 g/mol. The van der Waals surface area contributed by atoms with Crippen molar-refractivity contribution in [2.45, 2.75) is 50.2 Å². The van der Waals surface area contributed by atoms with Crippen LogP contribution in [-0.4, -0.2) is 44.4 Å². The van der Waals surface area contributed by atoms with Crippen LogP contribution in [0.4, 0.5) is 4.79 Å². The van der Waals surface area contributed by atoms with Gasteiger partial charge in [0.1, 0.15) is 6.33 Å². The number of rotatable bonds is 7. The number of amides is 4. The van der Waals surface area contributed by atoms with Crippen LogP contribution < -0.4 is 16.4 Å². The Labute approximate surface area is 179 Å². The minimum absolute atomic E-state index is 0.0226. The van der Waals surface area contributed by atoms with Gasteiger partial charge in [-0.1, -0.05) is 36.9 Å². The number of urea groups is 1. The number of nitrogens with two attached hydrogens (primary N) is 1. The average Bonchev–Trinajstić information content (AvgIpc) is 3.20. The summed E-state index contributed by atoms with van der Waals surface area (Å²) in [5.74, 6) is -0.426. The van der Waals surface area contributed by atoms with E-state index in [1.807, 2.05) is 22.8 Å². The molecule has 9 nitrogen and oxygen atoms in total. The van der Waals surface area contributed by atoms with Crippen molar-refractivity contribution < 1.29 is 14.4 Å². The van der Waals surface area contributed by atoms with Gasteiger partial charge < -0.3 is 11.1 Å². The van der Waals surface area contributed by atoms with Crippen molar-refractivity contribution in [1.82, 2.24) is 25.4 Å². The van der Waals surface area contributed by atoms with Crippen molar-refractivity contribution in [3.8, 4) is 5.69 Å². The summed E-state index contributed by atoms with van der Waals surface area (Å²) in [6, 6.07) is 7.24. The highest BCUT2D eigenvalue weighted by Gasteiger charge is 2.27. The first-order chi connectivity index (χ1) is 14.5. The Kier molecular flexibility index (Phi) is 7.45. The van der Waals surface area contributed by atoms with Crippen LogP contribution >= 0.6 is 11.8 Å². The molecule has 1 aliphatic carbocycles. The zero-order valence-corrected chi connectivity index (χ0v) is 17.7. The fourth-order valence-electron chi connectivity index (χ4n) is 3.66. The number of hydrogen-bond acceptors (Lipinski definition) is 6. The predicted octanol–water partition coefficient (Wildman–Crippen LogP) is 1.79. The van der Waals surface area contributed by atoms with E-state index < -0.39 is 6.03 Å². The summed E-state index contributed by atoms with van der Waals surface area (Å²) in [6.07, 6.45) is 5.14. The molecule has 1 heterocycles. The number of aromatic nitrogens is 3. The Morgan fingerprint density at radius 1 is 1.20 bits per heavy atom. The van der Waals surface area contributed by atoms with Crippen LogP contribution in [0, 0.1) is 5.92 Å². The molecule has 1 fully saturated rings. The van der Waals surface area contributed by atoms with Gasteiger partial charge in [0.05, 0.1) is 11.4 Å². The lowest BCUT2D eigenvalue weighted by atomic mass is 9.85. The molecule has 0 radical (unpaired) electrons. The highest BCUT2D eigenvalue weighted by molar-refractivity contribution is 7.99.